The highest BCUT2D eigenvalue weighted by molar-refractivity contribution is 5.74. The average Bonchev–Trinajstić information content (AvgIpc) is 3.10. The Morgan fingerprint density at radius 3 is 2.54 bits per heavy atom. The van der Waals surface area contributed by atoms with Crippen LogP contribution in [0.25, 0.3) is 11.5 Å². The SMILES string of the molecule is Cc1ccc(-c2nc(CNC(=O)NC3CCC(C(=O)O)CC3)co2)cc1. The molecule has 0 radical (unpaired) electrons. The van der Waals surface area contributed by atoms with Crippen LogP contribution in [0.5, 0.6) is 0 Å². The van der Waals surface area contributed by atoms with Gasteiger partial charge in [0.15, 0.2) is 0 Å². The average molecular weight is 357 g/mol. The largest absolute Gasteiger partial charge is 0.481 e. The third kappa shape index (κ3) is 4.62. The van der Waals surface area contributed by atoms with E-state index in [9.17, 15) is 9.59 Å². The van der Waals surface area contributed by atoms with E-state index in [2.05, 4.69) is 15.6 Å². The van der Waals surface area contributed by atoms with Crippen LogP contribution in [0.4, 0.5) is 4.79 Å². The molecular formula is C19H23N3O4. The van der Waals surface area contributed by atoms with E-state index in [0.717, 1.165) is 11.1 Å². The van der Waals surface area contributed by atoms with Gasteiger partial charge in [-0.2, -0.15) is 0 Å². The maximum Gasteiger partial charge on any atom is 0.315 e. The van der Waals surface area contributed by atoms with E-state index in [1.807, 2.05) is 31.2 Å². The van der Waals surface area contributed by atoms with E-state index in [4.69, 9.17) is 9.52 Å². The van der Waals surface area contributed by atoms with Crippen LogP contribution in [0.3, 0.4) is 0 Å². The minimum Gasteiger partial charge on any atom is -0.481 e. The molecule has 2 amide bonds. The van der Waals surface area contributed by atoms with Crippen LogP contribution in [-0.2, 0) is 11.3 Å². The van der Waals surface area contributed by atoms with Gasteiger partial charge in [0.1, 0.15) is 6.26 Å². The Kier molecular flexibility index (Phi) is 5.55. The molecule has 3 rings (SSSR count). The molecule has 0 atom stereocenters. The molecule has 1 saturated carbocycles. The molecule has 7 heteroatoms. The molecule has 7 nitrogen and oxygen atoms in total. The van der Waals surface area contributed by atoms with Crippen molar-refractivity contribution in [2.45, 2.75) is 45.2 Å². The highest BCUT2D eigenvalue weighted by Crippen LogP contribution is 2.24. The fourth-order valence-electron chi connectivity index (χ4n) is 3.11. The molecule has 0 saturated heterocycles. The van der Waals surface area contributed by atoms with Gasteiger partial charge in [-0.1, -0.05) is 17.7 Å². The molecule has 3 N–H and O–H groups in total. The third-order valence-corrected chi connectivity index (χ3v) is 4.69. The second kappa shape index (κ2) is 8.03. The molecule has 1 aliphatic carbocycles. The first kappa shape index (κ1) is 18.0. The Bertz CT molecular complexity index is 761. The zero-order chi connectivity index (χ0) is 18.5. The number of carbonyl (C=O) groups is 2. The van der Waals surface area contributed by atoms with Crippen molar-refractivity contribution in [3.63, 3.8) is 0 Å². The molecule has 1 heterocycles. The number of nitrogens with one attached hydrogen (secondary N) is 2. The number of rotatable bonds is 5. The third-order valence-electron chi connectivity index (χ3n) is 4.69. The van der Waals surface area contributed by atoms with Crippen molar-refractivity contribution in [1.29, 1.82) is 0 Å². The Labute approximate surface area is 151 Å². The Morgan fingerprint density at radius 1 is 1.19 bits per heavy atom. The fraction of sp³-hybridized carbons (Fsp3) is 0.421. The number of urea groups is 1. The summed E-state index contributed by atoms with van der Waals surface area (Å²) in [6.07, 6.45) is 4.11. The van der Waals surface area contributed by atoms with Crippen molar-refractivity contribution in [3.8, 4) is 11.5 Å². The van der Waals surface area contributed by atoms with Gasteiger partial charge in [-0.25, -0.2) is 9.78 Å². The molecule has 0 bridgehead atoms. The van der Waals surface area contributed by atoms with E-state index in [-0.39, 0.29) is 24.5 Å². The van der Waals surface area contributed by atoms with Gasteiger partial charge in [-0.3, -0.25) is 4.79 Å². The number of aliphatic carboxylic acids is 1. The second-order valence-electron chi connectivity index (χ2n) is 6.72. The van der Waals surface area contributed by atoms with Gasteiger partial charge in [-0.05, 0) is 44.7 Å². The number of oxazole rings is 1. The minimum atomic E-state index is -0.747. The van der Waals surface area contributed by atoms with Gasteiger partial charge < -0.3 is 20.2 Å². The van der Waals surface area contributed by atoms with E-state index in [0.29, 0.717) is 37.3 Å². The summed E-state index contributed by atoms with van der Waals surface area (Å²) < 4.78 is 5.47. The van der Waals surface area contributed by atoms with Crippen molar-refractivity contribution >= 4 is 12.0 Å². The van der Waals surface area contributed by atoms with Crippen LogP contribution >= 0.6 is 0 Å². The molecule has 1 fully saturated rings. The summed E-state index contributed by atoms with van der Waals surface area (Å²) in [6, 6.07) is 7.61. The lowest BCUT2D eigenvalue weighted by Gasteiger charge is -2.26. The smallest absolute Gasteiger partial charge is 0.315 e. The van der Waals surface area contributed by atoms with Crippen LogP contribution < -0.4 is 10.6 Å². The zero-order valence-electron chi connectivity index (χ0n) is 14.7. The quantitative estimate of drug-likeness (QED) is 0.763. The number of nitrogens with zero attached hydrogens (tertiary/aromatic N) is 1. The summed E-state index contributed by atoms with van der Waals surface area (Å²) >= 11 is 0. The molecule has 138 valence electrons. The van der Waals surface area contributed by atoms with E-state index >= 15 is 0 Å². The molecule has 0 unspecified atom stereocenters. The lowest BCUT2D eigenvalue weighted by molar-refractivity contribution is -0.142. The van der Waals surface area contributed by atoms with E-state index in [1.165, 1.54) is 6.26 Å². The molecule has 1 aromatic carbocycles. The van der Waals surface area contributed by atoms with Crippen LogP contribution in [0.1, 0.15) is 36.9 Å². The fourth-order valence-corrected chi connectivity index (χ4v) is 3.11. The first-order chi connectivity index (χ1) is 12.5. The number of benzene rings is 1. The van der Waals surface area contributed by atoms with Gasteiger partial charge >= 0.3 is 12.0 Å². The summed E-state index contributed by atoms with van der Waals surface area (Å²) in [5, 5.41) is 14.7. The first-order valence-electron chi connectivity index (χ1n) is 8.80. The van der Waals surface area contributed by atoms with E-state index < -0.39 is 5.97 Å². The molecule has 1 aliphatic rings. The van der Waals surface area contributed by atoms with Crippen molar-refractivity contribution in [1.82, 2.24) is 15.6 Å². The second-order valence-corrected chi connectivity index (χ2v) is 6.72. The zero-order valence-corrected chi connectivity index (χ0v) is 14.7. The van der Waals surface area contributed by atoms with Crippen molar-refractivity contribution in [2.24, 2.45) is 5.92 Å². The van der Waals surface area contributed by atoms with Gasteiger partial charge in [-0.15, -0.1) is 0 Å². The van der Waals surface area contributed by atoms with Gasteiger partial charge in [0.25, 0.3) is 0 Å². The lowest BCUT2D eigenvalue weighted by Crippen LogP contribution is -2.43. The molecule has 0 aliphatic heterocycles. The van der Waals surface area contributed by atoms with Crippen molar-refractivity contribution in [3.05, 3.63) is 41.8 Å². The highest BCUT2D eigenvalue weighted by atomic mass is 16.4. The normalized spacial score (nSPS) is 19.7. The number of carboxylic acids is 1. The molecular weight excluding hydrogens is 334 g/mol. The highest BCUT2D eigenvalue weighted by Gasteiger charge is 2.26. The topological polar surface area (TPSA) is 104 Å². The Morgan fingerprint density at radius 2 is 1.88 bits per heavy atom. The summed E-state index contributed by atoms with van der Waals surface area (Å²) in [5.41, 5.74) is 2.70. The summed E-state index contributed by atoms with van der Waals surface area (Å²) in [4.78, 5) is 27.3. The maximum absolute atomic E-state index is 12.0. The Hall–Kier alpha value is -2.83. The molecule has 1 aromatic heterocycles. The monoisotopic (exact) mass is 357 g/mol. The predicted octanol–water partition coefficient (Wildman–Crippen LogP) is 3.09. The van der Waals surface area contributed by atoms with E-state index in [1.54, 1.807) is 0 Å². The van der Waals surface area contributed by atoms with Gasteiger partial charge in [0.05, 0.1) is 18.2 Å². The number of hydrogen-bond donors (Lipinski definition) is 3. The Balaban J connectivity index is 1.45. The number of aromatic nitrogens is 1. The summed E-state index contributed by atoms with van der Waals surface area (Å²) in [5.74, 6) is -0.510. The first-order valence-corrected chi connectivity index (χ1v) is 8.80. The summed E-state index contributed by atoms with van der Waals surface area (Å²) in [7, 11) is 0. The number of carbonyl (C=O) groups excluding carboxylic acids is 1. The summed E-state index contributed by atoms with van der Waals surface area (Å²) in [6.45, 7) is 2.28. The predicted molar refractivity (Wildman–Crippen MR) is 95.4 cm³/mol. The molecule has 0 spiro atoms. The van der Waals surface area contributed by atoms with Crippen LogP contribution in [-0.4, -0.2) is 28.1 Å². The van der Waals surface area contributed by atoms with Gasteiger partial charge in [0.2, 0.25) is 5.89 Å². The van der Waals surface area contributed by atoms with Crippen LogP contribution in [0.2, 0.25) is 0 Å². The number of hydrogen-bond acceptors (Lipinski definition) is 4. The van der Waals surface area contributed by atoms with Crippen LogP contribution in [0.15, 0.2) is 34.9 Å². The molecule has 26 heavy (non-hydrogen) atoms. The van der Waals surface area contributed by atoms with Crippen molar-refractivity contribution in [2.75, 3.05) is 0 Å². The standard InChI is InChI=1S/C19H23N3O4/c1-12-2-4-13(5-3-12)17-21-16(11-26-17)10-20-19(25)22-15-8-6-14(7-9-15)18(23)24/h2-5,11,14-15H,6-10H2,1H3,(H,23,24)(H2,20,22,25). The number of amides is 2. The van der Waals surface area contributed by atoms with Crippen LogP contribution in [0, 0.1) is 12.8 Å². The lowest BCUT2D eigenvalue weighted by atomic mass is 9.86. The maximum atomic E-state index is 12.0. The van der Waals surface area contributed by atoms with Crippen molar-refractivity contribution < 1.29 is 19.1 Å². The van der Waals surface area contributed by atoms with Gasteiger partial charge in [0, 0.05) is 11.6 Å². The minimum absolute atomic E-state index is 0.0195. The number of carboxylic acid groups (broad SMARTS) is 1. The number of aryl methyl sites for hydroxylation is 1. The molecule has 2 aromatic rings.